The van der Waals surface area contributed by atoms with Crippen molar-refractivity contribution in [2.75, 3.05) is 6.61 Å². The molecule has 0 aromatic heterocycles. The largest absolute Gasteiger partial charge is 0.394 e. The maximum Gasteiger partial charge on any atom is 0.220 e. The minimum atomic E-state index is -0.180. The fraction of sp³-hybridized carbons (Fsp3) is 0.588. The Morgan fingerprint density at radius 3 is 2.50 bits per heavy atom. The number of carbonyl (C=O) groups is 1. The summed E-state index contributed by atoms with van der Waals surface area (Å²) in [4.78, 5) is 11.8. The molecule has 0 aliphatic rings. The Balaban J connectivity index is 2.24. The molecule has 1 atom stereocenters. The molecule has 1 rings (SSSR count). The molecule has 1 amide bonds. The summed E-state index contributed by atoms with van der Waals surface area (Å²) in [7, 11) is 0. The summed E-state index contributed by atoms with van der Waals surface area (Å²) in [5.74, 6) is 0.0523. The molecular weight excluding hydrogens is 250 g/mol. The number of amides is 1. The summed E-state index contributed by atoms with van der Waals surface area (Å²) in [5.41, 5.74) is 1.13. The molecule has 0 saturated carbocycles. The predicted molar refractivity (Wildman–Crippen MR) is 82.5 cm³/mol. The monoisotopic (exact) mass is 277 g/mol. The normalized spacial score (nSPS) is 12.1. The first-order valence-corrected chi connectivity index (χ1v) is 7.70. The van der Waals surface area contributed by atoms with Crippen LogP contribution in [0.5, 0.6) is 0 Å². The van der Waals surface area contributed by atoms with Gasteiger partial charge in [0.05, 0.1) is 12.6 Å². The molecule has 3 heteroatoms. The first-order valence-electron chi connectivity index (χ1n) is 7.70. The lowest BCUT2D eigenvalue weighted by Gasteiger charge is -2.16. The van der Waals surface area contributed by atoms with Crippen LogP contribution in [-0.4, -0.2) is 23.7 Å². The van der Waals surface area contributed by atoms with Crippen molar-refractivity contribution in [2.45, 2.75) is 57.9 Å². The van der Waals surface area contributed by atoms with Crippen LogP contribution in [0.3, 0.4) is 0 Å². The minimum Gasteiger partial charge on any atom is -0.394 e. The lowest BCUT2D eigenvalue weighted by Crippen LogP contribution is -2.38. The zero-order valence-electron chi connectivity index (χ0n) is 12.5. The quantitative estimate of drug-likeness (QED) is 0.646. The average molecular weight is 277 g/mol. The van der Waals surface area contributed by atoms with Crippen LogP contribution in [0.15, 0.2) is 30.3 Å². The highest BCUT2D eigenvalue weighted by atomic mass is 16.3. The van der Waals surface area contributed by atoms with Gasteiger partial charge in [-0.3, -0.25) is 4.79 Å². The Morgan fingerprint density at radius 1 is 1.15 bits per heavy atom. The number of aliphatic hydroxyl groups excluding tert-OH is 1. The minimum absolute atomic E-state index is 0.0174. The second-order valence-corrected chi connectivity index (χ2v) is 5.30. The fourth-order valence-electron chi connectivity index (χ4n) is 2.25. The maximum absolute atomic E-state index is 11.8. The molecule has 0 saturated heterocycles. The number of benzene rings is 1. The number of rotatable bonds is 10. The lowest BCUT2D eigenvalue weighted by molar-refractivity contribution is -0.122. The SMILES string of the molecule is CCCCCCCC(=O)N[C@@H](CO)Cc1ccccc1. The zero-order valence-corrected chi connectivity index (χ0v) is 12.5. The number of hydrogen-bond acceptors (Lipinski definition) is 2. The van der Waals surface area contributed by atoms with Gasteiger partial charge in [0.15, 0.2) is 0 Å². The van der Waals surface area contributed by atoms with Crippen molar-refractivity contribution in [3.63, 3.8) is 0 Å². The van der Waals surface area contributed by atoms with E-state index in [0.29, 0.717) is 12.8 Å². The van der Waals surface area contributed by atoms with Gasteiger partial charge in [-0.25, -0.2) is 0 Å². The van der Waals surface area contributed by atoms with Gasteiger partial charge in [0.1, 0.15) is 0 Å². The van der Waals surface area contributed by atoms with Gasteiger partial charge in [-0.1, -0.05) is 62.9 Å². The molecule has 0 fully saturated rings. The van der Waals surface area contributed by atoms with Crippen LogP contribution >= 0.6 is 0 Å². The average Bonchev–Trinajstić information content (AvgIpc) is 2.47. The second kappa shape index (κ2) is 10.4. The van der Waals surface area contributed by atoms with Crippen LogP contribution in [0.2, 0.25) is 0 Å². The standard InChI is InChI=1S/C17H27NO2/c1-2-3-4-5-9-12-17(20)18-16(14-19)13-15-10-7-6-8-11-15/h6-8,10-11,16,19H,2-5,9,12-14H2,1H3,(H,18,20)/t16-/m1/s1. The van der Waals surface area contributed by atoms with Crippen LogP contribution in [0.25, 0.3) is 0 Å². The Labute approximate surface area is 122 Å². The molecule has 0 spiro atoms. The van der Waals surface area contributed by atoms with Crippen molar-refractivity contribution in [1.82, 2.24) is 5.32 Å². The van der Waals surface area contributed by atoms with Crippen LogP contribution in [0.1, 0.15) is 51.0 Å². The molecule has 112 valence electrons. The molecule has 0 aliphatic carbocycles. The topological polar surface area (TPSA) is 49.3 Å². The summed E-state index contributed by atoms with van der Waals surface area (Å²) in [6.45, 7) is 2.17. The van der Waals surface area contributed by atoms with Gasteiger partial charge in [-0.2, -0.15) is 0 Å². The summed E-state index contributed by atoms with van der Waals surface area (Å²) >= 11 is 0. The van der Waals surface area contributed by atoms with Crippen molar-refractivity contribution in [3.05, 3.63) is 35.9 Å². The molecule has 2 N–H and O–H groups in total. The van der Waals surface area contributed by atoms with E-state index in [2.05, 4.69) is 12.2 Å². The summed E-state index contributed by atoms with van der Waals surface area (Å²) in [5, 5.41) is 12.3. The molecule has 3 nitrogen and oxygen atoms in total. The van der Waals surface area contributed by atoms with Gasteiger partial charge >= 0.3 is 0 Å². The molecule has 1 aromatic rings. The lowest BCUT2D eigenvalue weighted by atomic mass is 10.1. The number of nitrogens with one attached hydrogen (secondary N) is 1. The smallest absolute Gasteiger partial charge is 0.220 e. The molecule has 0 bridgehead atoms. The van der Waals surface area contributed by atoms with Gasteiger partial charge in [-0.15, -0.1) is 0 Å². The molecule has 0 unspecified atom stereocenters. The summed E-state index contributed by atoms with van der Waals surface area (Å²) in [6, 6.07) is 9.75. The fourth-order valence-corrected chi connectivity index (χ4v) is 2.25. The van der Waals surface area contributed by atoms with Crippen LogP contribution < -0.4 is 5.32 Å². The Bertz CT molecular complexity index is 365. The Morgan fingerprint density at radius 2 is 1.85 bits per heavy atom. The first-order chi connectivity index (χ1) is 9.76. The highest BCUT2D eigenvalue weighted by Gasteiger charge is 2.11. The second-order valence-electron chi connectivity index (χ2n) is 5.30. The van der Waals surface area contributed by atoms with E-state index in [0.717, 1.165) is 18.4 Å². The molecular formula is C17H27NO2. The number of aliphatic hydroxyl groups is 1. The highest BCUT2D eigenvalue weighted by Crippen LogP contribution is 2.06. The van der Waals surface area contributed by atoms with E-state index in [1.54, 1.807) is 0 Å². The maximum atomic E-state index is 11.8. The van der Waals surface area contributed by atoms with Crippen molar-refractivity contribution in [3.8, 4) is 0 Å². The van der Waals surface area contributed by atoms with E-state index in [-0.39, 0.29) is 18.6 Å². The molecule has 1 aromatic carbocycles. The number of carbonyl (C=O) groups excluding carboxylic acids is 1. The third-order valence-corrected chi connectivity index (χ3v) is 3.42. The van der Waals surface area contributed by atoms with Crippen molar-refractivity contribution >= 4 is 5.91 Å². The number of hydrogen-bond donors (Lipinski definition) is 2. The summed E-state index contributed by atoms with van der Waals surface area (Å²) < 4.78 is 0. The van der Waals surface area contributed by atoms with Gasteiger partial charge in [-0.05, 0) is 18.4 Å². The van der Waals surface area contributed by atoms with Crippen LogP contribution in [0, 0.1) is 0 Å². The third kappa shape index (κ3) is 7.29. The first kappa shape index (κ1) is 16.7. The van der Waals surface area contributed by atoms with E-state index in [4.69, 9.17) is 0 Å². The molecule has 0 radical (unpaired) electrons. The Hall–Kier alpha value is -1.35. The van der Waals surface area contributed by atoms with E-state index in [9.17, 15) is 9.90 Å². The predicted octanol–water partition coefficient (Wildman–Crippen LogP) is 3.07. The number of unbranched alkanes of at least 4 members (excludes halogenated alkanes) is 4. The van der Waals surface area contributed by atoms with Crippen LogP contribution in [0.4, 0.5) is 0 Å². The van der Waals surface area contributed by atoms with Crippen molar-refractivity contribution in [1.29, 1.82) is 0 Å². The molecule has 0 aliphatic heterocycles. The van der Waals surface area contributed by atoms with E-state index in [1.807, 2.05) is 30.3 Å². The third-order valence-electron chi connectivity index (χ3n) is 3.42. The van der Waals surface area contributed by atoms with Crippen molar-refractivity contribution < 1.29 is 9.90 Å². The molecule has 0 heterocycles. The highest BCUT2D eigenvalue weighted by molar-refractivity contribution is 5.76. The van der Waals surface area contributed by atoms with Crippen LogP contribution in [-0.2, 0) is 11.2 Å². The van der Waals surface area contributed by atoms with E-state index < -0.39 is 0 Å². The van der Waals surface area contributed by atoms with Gasteiger partial charge < -0.3 is 10.4 Å². The van der Waals surface area contributed by atoms with Gasteiger partial charge in [0, 0.05) is 6.42 Å². The van der Waals surface area contributed by atoms with Gasteiger partial charge in [0.2, 0.25) is 5.91 Å². The molecule has 20 heavy (non-hydrogen) atoms. The van der Waals surface area contributed by atoms with Crippen molar-refractivity contribution in [2.24, 2.45) is 0 Å². The van der Waals surface area contributed by atoms with E-state index >= 15 is 0 Å². The zero-order chi connectivity index (χ0) is 14.6. The van der Waals surface area contributed by atoms with Gasteiger partial charge in [0.25, 0.3) is 0 Å². The van der Waals surface area contributed by atoms with E-state index in [1.165, 1.54) is 19.3 Å². The Kier molecular flexibility index (Phi) is 8.72. The summed E-state index contributed by atoms with van der Waals surface area (Å²) in [6.07, 6.45) is 6.97.